The fourth-order valence-electron chi connectivity index (χ4n) is 3.92. The van der Waals surface area contributed by atoms with Crippen LogP contribution >= 0.6 is 0 Å². The van der Waals surface area contributed by atoms with Gasteiger partial charge in [0.2, 0.25) is 0 Å². The van der Waals surface area contributed by atoms with Crippen LogP contribution < -0.4 is 5.32 Å². The van der Waals surface area contributed by atoms with Crippen LogP contribution in [0.5, 0.6) is 0 Å². The molecule has 0 aromatic rings. The third kappa shape index (κ3) is 3.55. The van der Waals surface area contributed by atoms with Crippen LogP contribution in [0.15, 0.2) is 0 Å². The Morgan fingerprint density at radius 2 is 1.90 bits per heavy atom. The van der Waals surface area contributed by atoms with Crippen molar-refractivity contribution in [1.29, 1.82) is 0 Å². The van der Waals surface area contributed by atoms with Crippen molar-refractivity contribution in [3.05, 3.63) is 0 Å². The van der Waals surface area contributed by atoms with Gasteiger partial charge >= 0.3 is 0 Å². The van der Waals surface area contributed by atoms with E-state index >= 15 is 0 Å². The number of hydrogen-bond acceptors (Lipinski definition) is 3. The second kappa shape index (κ2) is 6.33. The first kappa shape index (κ1) is 14.8. The maximum atomic E-state index is 5.64. The summed E-state index contributed by atoms with van der Waals surface area (Å²) < 4.78 is 5.64. The second-order valence-electron chi connectivity index (χ2n) is 7.60. The van der Waals surface area contributed by atoms with E-state index in [4.69, 9.17) is 4.74 Å². The Morgan fingerprint density at radius 3 is 2.60 bits per heavy atom. The van der Waals surface area contributed by atoms with Crippen molar-refractivity contribution >= 4 is 0 Å². The van der Waals surface area contributed by atoms with E-state index in [1.54, 1.807) is 0 Å². The first-order chi connectivity index (χ1) is 9.69. The second-order valence-corrected chi connectivity index (χ2v) is 7.60. The SMILES string of the molecule is CC1CCCN(CC2(CNC3CC3)CCOCC2)C1C. The van der Waals surface area contributed by atoms with Gasteiger partial charge in [-0.1, -0.05) is 6.92 Å². The molecule has 2 aliphatic heterocycles. The van der Waals surface area contributed by atoms with E-state index in [1.807, 2.05) is 0 Å². The zero-order chi connectivity index (χ0) is 14.0. The van der Waals surface area contributed by atoms with Gasteiger partial charge in [0.05, 0.1) is 0 Å². The molecule has 2 atom stereocenters. The molecule has 2 saturated heterocycles. The average molecular weight is 280 g/mol. The van der Waals surface area contributed by atoms with Crippen LogP contribution in [-0.2, 0) is 4.74 Å². The van der Waals surface area contributed by atoms with Crippen LogP contribution in [-0.4, -0.2) is 49.8 Å². The van der Waals surface area contributed by atoms with E-state index in [2.05, 4.69) is 24.1 Å². The molecule has 3 rings (SSSR count). The zero-order valence-corrected chi connectivity index (χ0v) is 13.4. The summed E-state index contributed by atoms with van der Waals surface area (Å²) in [5.41, 5.74) is 0.464. The number of likely N-dealkylation sites (tertiary alicyclic amines) is 1. The summed E-state index contributed by atoms with van der Waals surface area (Å²) >= 11 is 0. The highest BCUT2D eigenvalue weighted by Gasteiger charge is 2.38. The van der Waals surface area contributed by atoms with Gasteiger partial charge in [0.25, 0.3) is 0 Å². The smallest absolute Gasteiger partial charge is 0.0472 e. The number of nitrogens with zero attached hydrogens (tertiary/aromatic N) is 1. The van der Waals surface area contributed by atoms with Crippen molar-refractivity contribution in [3.63, 3.8) is 0 Å². The van der Waals surface area contributed by atoms with E-state index < -0.39 is 0 Å². The van der Waals surface area contributed by atoms with Gasteiger partial charge in [-0.15, -0.1) is 0 Å². The van der Waals surface area contributed by atoms with Gasteiger partial charge in [-0.3, -0.25) is 4.90 Å². The number of nitrogens with one attached hydrogen (secondary N) is 1. The minimum atomic E-state index is 0.464. The first-order valence-corrected chi connectivity index (χ1v) is 8.74. The lowest BCUT2D eigenvalue weighted by molar-refractivity contribution is -0.0221. The molecule has 2 unspecified atom stereocenters. The first-order valence-electron chi connectivity index (χ1n) is 8.74. The Bertz CT molecular complexity index is 310. The van der Waals surface area contributed by atoms with E-state index in [9.17, 15) is 0 Å². The standard InChI is InChI=1S/C17H32N2O/c1-14-4-3-9-19(15(14)2)13-17(7-10-20-11-8-17)12-18-16-5-6-16/h14-16,18H,3-13H2,1-2H3. The van der Waals surface area contributed by atoms with Crippen molar-refractivity contribution in [2.45, 2.75) is 64.5 Å². The van der Waals surface area contributed by atoms with Crippen LogP contribution in [0.1, 0.15) is 52.4 Å². The number of piperidine rings is 1. The van der Waals surface area contributed by atoms with Crippen molar-refractivity contribution < 1.29 is 4.74 Å². The fraction of sp³-hybridized carbons (Fsp3) is 1.00. The Morgan fingerprint density at radius 1 is 1.15 bits per heavy atom. The number of rotatable bonds is 5. The predicted octanol–water partition coefficient (Wildman–Crippen LogP) is 2.66. The molecule has 3 aliphatic rings. The lowest BCUT2D eigenvalue weighted by Crippen LogP contribution is -2.52. The van der Waals surface area contributed by atoms with Crippen molar-refractivity contribution in [2.75, 3.05) is 32.8 Å². The molecule has 2 heterocycles. The molecule has 0 aromatic heterocycles. The summed E-state index contributed by atoms with van der Waals surface area (Å²) in [5.74, 6) is 0.858. The molecule has 1 aliphatic carbocycles. The Hall–Kier alpha value is -0.120. The van der Waals surface area contributed by atoms with Gasteiger partial charge in [-0.05, 0) is 63.3 Å². The Kier molecular flexibility index (Phi) is 4.68. The molecule has 3 heteroatoms. The highest BCUT2D eigenvalue weighted by Crippen LogP contribution is 2.35. The van der Waals surface area contributed by atoms with E-state index in [-0.39, 0.29) is 0 Å². The summed E-state index contributed by atoms with van der Waals surface area (Å²) in [5, 5.41) is 3.80. The summed E-state index contributed by atoms with van der Waals surface area (Å²) in [4.78, 5) is 2.77. The van der Waals surface area contributed by atoms with Gasteiger partial charge in [0.1, 0.15) is 0 Å². The summed E-state index contributed by atoms with van der Waals surface area (Å²) in [7, 11) is 0. The van der Waals surface area contributed by atoms with E-state index in [0.29, 0.717) is 5.41 Å². The molecule has 0 bridgehead atoms. The lowest BCUT2D eigenvalue weighted by atomic mass is 9.78. The molecule has 116 valence electrons. The molecule has 1 N–H and O–H groups in total. The largest absolute Gasteiger partial charge is 0.381 e. The number of hydrogen-bond donors (Lipinski definition) is 1. The van der Waals surface area contributed by atoms with Crippen LogP contribution in [0.25, 0.3) is 0 Å². The predicted molar refractivity (Wildman–Crippen MR) is 82.9 cm³/mol. The van der Waals surface area contributed by atoms with E-state index in [1.165, 1.54) is 58.2 Å². The molecule has 1 saturated carbocycles. The quantitative estimate of drug-likeness (QED) is 0.838. The lowest BCUT2D eigenvalue weighted by Gasteiger charge is -2.46. The topological polar surface area (TPSA) is 24.5 Å². The molecule has 0 spiro atoms. The molecule has 0 radical (unpaired) electrons. The Labute approximate surface area is 124 Å². The van der Waals surface area contributed by atoms with Gasteiger partial charge in [-0.2, -0.15) is 0 Å². The van der Waals surface area contributed by atoms with Crippen LogP contribution in [0.3, 0.4) is 0 Å². The zero-order valence-electron chi connectivity index (χ0n) is 13.4. The molecular formula is C17H32N2O. The van der Waals surface area contributed by atoms with Crippen molar-refractivity contribution in [2.24, 2.45) is 11.3 Å². The van der Waals surface area contributed by atoms with Gasteiger partial charge in [0, 0.05) is 38.4 Å². The molecule has 0 amide bonds. The molecule has 20 heavy (non-hydrogen) atoms. The van der Waals surface area contributed by atoms with Crippen LogP contribution in [0.2, 0.25) is 0 Å². The van der Waals surface area contributed by atoms with Crippen molar-refractivity contribution in [1.82, 2.24) is 10.2 Å². The van der Waals surface area contributed by atoms with Crippen LogP contribution in [0.4, 0.5) is 0 Å². The van der Waals surface area contributed by atoms with Crippen LogP contribution in [0, 0.1) is 11.3 Å². The molecule has 3 fully saturated rings. The third-order valence-electron chi connectivity index (χ3n) is 5.94. The molecule has 0 aromatic carbocycles. The fourth-order valence-corrected chi connectivity index (χ4v) is 3.92. The average Bonchev–Trinajstić information content (AvgIpc) is 3.27. The molecule has 3 nitrogen and oxygen atoms in total. The maximum Gasteiger partial charge on any atom is 0.0472 e. The summed E-state index contributed by atoms with van der Waals surface area (Å²) in [6, 6.07) is 1.58. The third-order valence-corrected chi connectivity index (χ3v) is 5.94. The summed E-state index contributed by atoms with van der Waals surface area (Å²) in [6.45, 7) is 10.6. The van der Waals surface area contributed by atoms with Gasteiger partial charge in [0.15, 0.2) is 0 Å². The molecular weight excluding hydrogens is 248 g/mol. The van der Waals surface area contributed by atoms with Crippen molar-refractivity contribution in [3.8, 4) is 0 Å². The monoisotopic (exact) mass is 280 g/mol. The van der Waals surface area contributed by atoms with Gasteiger partial charge < -0.3 is 10.1 Å². The van der Waals surface area contributed by atoms with E-state index in [0.717, 1.165) is 31.2 Å². The highest BCUT2D eigenvalue weighted by atomic mass is 16.5. The minimum absolute atomic E-state index is 0.464. The number of ether oxygens (including phenoxy) is 1. The van der Waals surface area contributed by atoms with Gasteiger partial charge in [-0.25, -0.2) is 0 Å². The minimum Gasteiger partial charge on any atom is -0.381 e. The summed E-state index contributed by atoms with van der Waals surface area (Å²) in [6.07, 6.45) is 8.06. The maximum absolute atomic E-state index is 5.64. The highest BCUT2D eigenvalue weighted by molar-refractivity contribution is 4.93. The Balaban J connectivity index is 1.61. The normalized spacial score (nSPS) is 35.1.